The molecule has 1 saturated heterocycles. The molecule has 1 saturated carbocycles. The zero-order valence-electron chi connectivity index (χ0n) is 12.6. The molecule has 3 nitrogen and oxygen atoms in total. The van der Waals surface area contributed by atoms with Gasteiger partial charge in [0.15, 0.2) is 0 Å². The van der Waals surface area contributed by atoms with E-state index in [4.69, 9.17) is 0 Å². The van der Waals surface area contributed by atoms with Gasteiger partial charge in [0.1, 0.15) is 5.54 Å². The fourth-order valence-corrected chi connectivity index (χ4v) is 3.91. The lowest BCUT2D eigenvalue weighted by Gasteiger charge is -2.40. The normalized spacial score (nSPS) is 36.3. The highest BCUT2D eigenvalue weighted by atomic mass is 15.2. The zero-order chi connectivity index (χ0) is 13.7. The van der Waals surface area contributed by atoms with Crippen LogP contribution < -0.4 is 5.32 Å². The number of likely N-dealkylation sites (tertiary alicyclic amines) is 1. The molecule has 19 heavy (non-hydrogen) atoms. The third kappa shape index (κ3) is 3.30. The van der Waals surface area contributed by atoms with Gasteiger partial charge < -0.3 is 0 Å². The highest BCUT2D eigenvalue weighted by Gasteiger charge is 2.42. The number of nitriles is 1. The first kappa shape index (κ1) is 14.8. The van der Waals surface area contributed by atoms with Crippen molar-refractivity contribution in [2.75, 3.05) is 13.1 Å². The molecule has 1 aliphatic carbocycles. The van der Waals surface area contributed by atoms with E-state index in [-0.39, 0.29) is 5.54 Å². The second-order valence-corrected chi connectivity index (χ2v) is 6.31. The number of rotatable bonds is 5. The van der Waals surface area contributed by atoms with Gasteiger partial charge >= 0.3 is 0 Å². The van der Waals surface area contributed by atoms with Gasteiger partial charge in [-0.25, -0.2) is 0 Å². The van der Waals surface area contributed by atoms with Gasteiger partial charge in [-0.05, 0) is 58.0 Å². The Morgan fingerprint density at radius 2 is 2.16 bits per heavy atom. The lowest BCUT2D eigenvalue weighted by Crippen LogP contribution is -2.48. The predicted molar refractivity (Wildman–Crippen MR) is 78.9 cm³/mol. The van der Waals surface area contributed by atoms with E-state index in [1.807, 2.05) is 0 Å². The minimum Gasteiger partial charge on any atom is -0.299 e. The molecule has 0 spiro atoms. The van der Waals surface area contributed by atoms with E-state index in [0.29, 0.717) is 6.04 Å². The molecule has 2 aliphatic rings. The molecule has 0 aromatic rings. The summed E-state index contributed by atoms with van der Waals surface area (Å²) in [7, 11) is 0. The topological polar surface area (TPSA) is 39.1 Å². The van der Waals surface area contributed by atoms with Gasteiger partial charge in [-0.2, -0.15) is 5.26 Å². The molecule has 0 radical (unpaired) electrons. The predicted octanol–water partition coefficient (Wildman–Crippen LogP) is 3.07. The summed E-state index contributed by atoms with van der Waals surface area (Å²) in [5.74, 6) is 0. The third-order valence-corrected chi connectivity index (χ3v) is 5.03. The Balaban J connectivity index is 1.98. The molecule has 0 amide bonds. The summed E-state index contributed by atoms with van der Waals surface area (Å²) in [6.45, 7) is 6.70. The van der Waals surface area contributed by atoms with Crippen molar-refractivity contribution in [3.8, 4) is 6.07 Å². The van der Waals surface area contributed by atoms with Crippen molar-refractivity contribution in [2.45, 2.75) is 82.8 Å². The van der Waals surface area contributed by atoms with Crippen molar-refractivity contribution in [3.63, 3.8) is 0 Å². The van der Waals surface area contributed by atoms with Gasteiger partial charge in [0.25, 0.3) is 0 Å². The summed E-state index contributed by atoms with van der Waals surface area (Å²) >= 11 is 0. The molecule has 3 atom stereocenters. The van der Waals surface area contributed by atoms with Crippen LogP contribution >= 0.6 is 0 Å². The monoisotopic (exact) mass is 263 g/mol. The Labute approximate surface area is 118 Å². The number of hydrogen-bond acceptors (Lipinski definition) is 3. The molecule has 2 rings (SSSR count). The molecule has 1 aliphatic heterocycles. The second-order valence-electron chi connectivity index (χ2n) is 6.31. The van der Waals surface area contributed by atoms with Crippen LogP contribution in [-0.4, -0.2) is 35.6 Å². The van der Waals surface area contributed by atoms with Gasteiger partial charge in [-0.3, -0.25) is 10.2 Å². The largest absolute Gasteiger partial charge is 0.299 e. The second kappa shape index (κ2) is 6.72. The summed E-state index contributed by atoms with van der Waals surface area (Å²) in [6, 6.07) is 3.97. The van der Waals surface area contributed by atoms with Crippen molar-refractivity contribution in [1.29, 1.82) is 5.26 Å². The van der Waals surface area contributed by atoms with E-state index in [0.717, 1.165) is 31.8 Å². The summed E-state index contributed by atoms with van der Waals surface area (Å²) in [5.41, 5.74) is -0.240. The minimum atomic E-state index is -0.240. The van der Waals surface area contributed by atoms with Crippen molar-refractivity contribution in [3.05, 3.63) is 0 Å². The van der Waals surface area contributed by atoms with E-state index < -0.39 is 0 Å². The first-order valence-electron chi connectivity index (χ1n) is 8.16. The lowest BCUT2D eigenvalue weighted by molar-refractivity contribution is 0.0913. The Bertz CT molecular complexity index is 322. The van der Waals surface area contributed by atoms with Gasteiger partial charge in [0.2, 0.25) is 0 Å². The lowest BCUT2D eigenvalue weighted by atomic mass is 9.95. The Morgan fingerprint density at radius 3 is 2.84 bits per heavy atom. The number of nitrogens with one attached hydrogen (secondary N) is 1. The van der Waals surface area contributed by atoms with Crippen LogP contribution in [0.5, 0.6) is 0 Å². The van der Waals surface area contributed by atoms with Crippen LogP contribution in [0.4, 0.5) is 0 Å². The number of nitrogens with zero attached hydrogens (tertiary/aromatic N) is 2. The van der Waals surface area contributed by atoms with E-state index in [9.17, 15) is 5.26 Å². The van der Waals surface area contributed by atoms with Crippen molar-refractivity contribution < 1.29 is 0 Å². The molecule has 2 fully saturated rings. The third-order valence-electron chi connectivity index (χ3n) is 5.03. The van der Waals surface area contributed by atoms with E-state index in [1.54, 1.807) is 0 Å². The van der Waals surface area contributed by atoms with Crippen LogP contribution in [0.1, 0.15) is 65.2 Å². The van der Waals surface area contributed by atoms with E-state index >= 15 is 0 Å². The first-order chi connectivity index (χ1) is 9.24. The standard InChI is InChI=1S/C16H29N3/c1-3-10-18-16(13-17)9-8-15(12-16)19-11-6-5-7-14(19)4-2/h14-15,18H,3-12H2,1-2H3. The maximum absolute atomic E-state index is 9.55. The Kier molecular flexibility index (Phi) is 5.24. The van der Waals surface area contributed by atoms with Gasteiger partial charge in [0, 0.05) is 12.1 Å². The van der Waals surface area contributed by atoms with Crippen molar-refractivity contribution >= 4 is 0 Å². The average molecular weight is 263 g/mol. The molecule has 0 aromatic heterocycles. The molecule has 0 aromatic carbocycles. The molecule has 1 N–H and O–H groups in total. The van der Waals surface area contributed by atoms with Gasteiger partial charge in [-0.15, -0.1) is 0 Å². The van der Waals surface area contributed by atoms with Crippen LogP contribution in [0.3, 0.4) is 0 Å². The number of piperidine rings is 1. The van der Waals surface area contributed by atoms with Crippen LogP contribution in [0.2, 0.25) is 0 Å². The summed E-state index contributed by atoms with van der Waals surface area (Å²) in [5, 5.41) is 13.1. The molecular formula is C16H29N3. The first-order valence-corrected chi connectivity index (χ1v) is 8.16. The summed E-state index contributed by atoms with van der Waals surface area (Å²) in [4.78, 5) is 2.72. The van der Waals surface area contributed by atoms with Crippen LogP contribution in [0.25, 0.3) is 0 Å². The van der Waals surface area contributed by atoms with Crippen LogP contribution in [0, 0.1) is 11.3 Å². The summed E-state index contributed by atoms with van der Waals surface area (Å²) in [6.07, 6.45) is 9.71. The van der Waals surface area contributed by atoms with Crippen molar-refractivity contribution in [2.24, 2.45) is 0 Å². The maximum atomic E-state index is 9.55. The van der Waals surface area contributed by atoms with Gasteiger partial charge in [-0.1, -0.05) is 20.3 Å². The highest BCUT2D eigenvalue weighted by Crippen LogP contribution is 2.36. The number of hydrogen-bond donors (Lipinski definition) is 1. The van der Waals surface area contributed by atoms with Gasteiger partial charge in [0.05, 0.1) is 6.07 Å². The quantitative estimate of drug-likeness (QED) is 0.828. The molecule has 0 bridgehead atoms. The van der Waals surface area contributed by atoms with Crippen molar-refractivity contribution in [1.82, 2.24) is 10.2 Å². The van der Waals surface area contributed by atoms with Crippen LogP contribution in [0.15, 0.2) is 0 Å². The zero-order valence-corrected chi connectivity index (χ0v) is 12.6. The molecule has 3 unspecified atom stereocenters. The smallest absolute Gasteiger partial charge is 0.108 e. The maximum Gasteiger partial charge on any atom is 0.108 e. The molecule has 3 heteroatoms. The molecule has 108 valence electrons. The fourth-order valence-electron chi connectivity index (χ4n) is 3.91. The highest BCUT2D eigenvalue weighted by molar-refractivity contribution is 5.13. The van der Waals surface area contributed by atoms with E-state index in [1.165, 1.54) is 38.6 Å². The molecule has 1 heterocycles. The average Bonchev–Trinajstić information content (AvgIpc) is 2.90. The Hall–Kier alpha value is -0.590. The Morgan fingerprint density at radius 1 is 1.32 bits per heavy atom. The van der Waals surface area contributed by atoms with E-state index in [2.05, 4.69) is 30.1 Å². The van der Waals surface area contributed by atoms with Crippen LogP contribution in [-0.2, 0) is 0 Å². The summed E-state index contributed by atoms with van der Waals surface area (Å²) < 4.78 is 0. The molecular weight excluding hydrogens is 234 g/mol. The fraction of sp³-hybridized carbons (Fsp3) is 0.938. The SMILES string of the molecule is CCCNC1(C#N)CCC(N2CCCCC2CC)C1. The minimum absolute atomic E-state index is 0.240.